The molecule has 0 aromatic heterocycles. The van der Waals surface area contributed by atoms with Crippen LogP contribution in [0.1, 0.15) is 39.0 Å². The Labute approximate surface area is 113 Å². The lowest BCUT2D eigenvalue weighted by atomic mass is 10.2. The van der Waals surface area contributed by atoms with Gasteiger partial charge in [0.1, 0.15) is 0 Å². The van der Waals surface area contributed by atoms with Crippen LogP contribution in [-0.2, 0) is 9.59 Å². The van der Waals surface area contributed by atoms with E-state index in [1.165, 1.54) is 4.90 Å². The van der Waals surface area contributed by atoms with Crippen molar-refractivity contribution in [1.82, 2.24) is 10.2 Å². The number of nitrogens with one attached hydrogen (secondary N) is 1. The molecule has 2 unspecified atom stereocenters. The van der Waals surface area contributed by atoms with Crippen LogP contribution in [0.2, 0.25) is 0 Å². The molecule has 0 spiro atoms. The summed E-state index contributed by atoms with van der Waals surface area (Å²) in [5.74, 6) is 0.974. The molecule has 4 nitrogen and oxygen atoms in total. The second kappa shape index (κ2) is 6.06. The lowest BCUT2D eigenvalue weighted by Crippen LogP contribution is -2.45. The van der Waals surface area contributed by atoms with Gasteiger partial charge in [0.05, 0.1) is 12.5 Å². The van der Waals surface area contributed by atoms with Crippen LogP contribution in [0.25, 0.3) is 0 Å². The highest BCUT2D eigenvalue weighted by atomic mass is 32.2. The van der Waals surface area contributed by atoms with Crippen molar-refractivity contribution in [1.29, 1.82) is 0 Å². The first kappa shape index (κ1) is 13.9. The third kappa shape index (κ3) is 2.88. The Morgan fingerprint density at radius 1 is 1.39 bits per heavy atom. The minimum Gasteiger partial charge on any atom is -0.302 e. The Morgan fingerprint density at radius 2 is 2.06 bits per heavy atom. The fourth-order valence-electron chi connectivity index (χ4n) is 2.97. The van der Waals surface area contributed by atoms with Gasteiger partial charge in [0.25, 0.3) is 0 Å². The normalized spacial score (nSPS) is 27.2. The summed E-state index contributed by atoms with van der Waals surface area (Å²) in [5.41, 5.74) is 0. The Hall–Kier alpha value is -0.550. The van der Waals surface area contributed by atoms with Gasteiger partial charge in [0.15, 0.2) is 0 Å². The van der Waals surface area contributed by atoms with Crippen molar-refractivity contribution in [2.75, 3.05) is 12.0 Å². The fraction of sp³-hybridized carbons (Fsp3) is 0.846. The molecule has 1 aliphatic carbocycles. The van der Waals surface area contributed by atoms with Crippen LogP contribution in [-0.4, -0.2) is 46.8 Å². The van der Waals surface area contributed by atoms with Gasteiger partial charge in [-0.05, 0) is 26.0 Å². The molecule has 1 saturated heterocycles. The predicted molar refractivity (Wildman–Crippen MR) is 73.5 cm³/mol. The molecular weight excluding hydrogens is 248 g/mol. The summed E-state index contributed by atoms with van der Waals surface area (Å²) in [5, 5.41) is 3.28. The largest absolute Gasteiger partial charge is 0.302 e. The molecule has 2 rings (SSSR count). The van der Waals surface area contributed by atoms with Crippen molar-refractivity contribution in [2.45, 2.75) is 57.2 Å². The Balaban J connectivity index is 1.95. The third-order valence-corrected chi connectivity index (χ3v) is 4.61. The maximum atomic E-state index is 12.3. The van der Waals surface area contributed by atoms with E-state index >= 15 is 0 Å². The molecule has 2 aliphatic rings. The summed E-state index contributed by atoms with van der Waals surface area (Å²) in [6.45, 7) is 2.06. The first-order chi connectivity index (χ1) is 8.63. The summed E-state index contributed by atoms with van der Waals surface area (Å²) in [6.07, 6.45) is 6.65. The van der Waals surface area contributed by atoms with E-state index < -0.39 is 0 Å². The number of hydrogen-bond donors (Lipinski definition) is 1. The van der Waals surface area contributed by atoms with Gasteiger partial charge >= 0.3 is 0 Å². The Bertz CT molecular complexity index is 329. The Morgan fingerprint density at radius 3 is 2.67 bits per heavy atom. The SMILES string of the molecule is CSCC(C)NC1CC(=O)N(C2CCCC2)C1=O. The smallest absolute Gasteiger partial charge is 0.247 e. The van der Waals surface area contributed by atoms with Gasteiger partial charge in [0.2, 0.25) is 11.8 Å². The van der Waals surface area contributed by atoms with Crippen LogP contribution < -0.4 is 5.32 Å². The van der Waals surface area contributed by atoms with E-state index in [9.17, 15) is 9.59 Å². The van der Waals surface area contributed by atoms with Crippen molar-refractivity contribution in [3.63, 3.8) is 0 Å². The van der Waals surface area contributed by atoms with Gasteiger partial charge in [-0.2, -0.15) is 11.8 Å². The third-order valence-electron chi connectivity index (χ3n) is 3.78. The topological polar surface area (TPSA) is 49.4 Å². The summed E-state index contributed by atoms with van der Waals surface area (Å²) >= 11 is 1.75. The number of thioether (sulfide) groups is 1. The van der Waals surface area contributed by atoms with Crippen molar-refractivity contribution in [2.24, 2.45) is 0 Å². The summed E-state index contributed by atoms with van der Waals surface area (Å²) in [7, 11) is 0. The van der Waals surface area contributed by atoms with Crippen LogP contribution in [0.15, 0.2) is 0 Å². The predicted octanol–water partition coefficient (Wildman–Crippen LogP) is 1.40. The maximum Gasteiger partial charge on any atom is 0.247 e. The molecule has 5 heteroatoms. The Kier molecular flexibility index (Phi) is 4.67. The van der Waals surface area contributed by atoms with Crippen LogP contribution in [0.5, 0.6) is 0 Å². The summed E-state index contributed by atoms with van der Waals surface area (Å²) < 4.78 is 0. The number of carbonyl (C=O) groups excluding carboxylic acids is 2. The van der Waals surface area contributed by atoms with Crippen molar-refractivity contribution < 1.29 is 9.59 Å². The number of rotatable bonds is 5. The van der Waals surface area contributed by atoms with E-state index in [0.717, 1.165) is 31.4 Å². The molecule has 1 saturated carbocycles. The maximum absolute atomic E-state index is 12.3. The van der Waals surface area contributed by atoms with Gasteiger partial charge in [-0.15, -0.1) is 0 Å². The van der Waals surface area contributed by atoms with E-state index in [2.05, 4.69) is 12.2 Å². The molecule has 18 heavy (non-hydrogen) atoms. The van der Waals surface area contributed by atoms with E-state index in [1.807, 2.05) is 6.26 Å². The molecule has 1 aliphatic heterocycles. The van der Waals surface area contributed by atoms with Crippen molar-refractivity contribution in [3.05, 3.63) is 0 Å². The molecular formula is C13H22N2O2S. The van der Waals surface area contributed by atoms with E-state index in [0.29, 0.717) is 6.42 Å². The first-order valence-corrected chi connectivity index (χ1v) is 8.13. The minimum atomic E-state index is -0.291. The van der Waals surface area contributed by atoms with Gasteiger partial charge in [-0.25, -0.2) is 0 Å². The highest BCUT2D eigenvalue weighted by Gasteiger charge is 2.43. The zero-order chi connectivity index (χ0) is 13.1. The molecule has 1 heterocycles. The number of nitrogens with zero attached hydrogens (tertiary/aromatic N) is 1. The molecule has 0 radical (unpaired) electrons. The zero-order valence-corrected chi connectivity index (χ0v) is 12.0. The second-order valence-electron chi connectivity index (χ2n) is 5.32. The molecule has 2 amide bonds. The number of carbonyl (C=O) groups is 2. The highest BCUT2D eigenvalue weighted by Crippen LogP contribution is 2.28. The quantitative estimate of drug-likeness (QED) is 0.767. The summed E-state index contributed by atoms with van der Waals surface area (Å²) in [4.78, 5) is 25.8. The van der Waals surface area contributed by atoms with E-state index in [4.69, 9.17) is 0 Å². The summed E-state index contributed by atoms with van der Waals surface area (Å²) in [6, 6.07) is 0.151. The van der Waals surface area contributed by atoms with Crippen LogP contribution >= 0.6 is 11.8 Å². The molecule has 2 atom stereocenters. The number of likely N-dealkylation sites (tertiary alicyclic amines) is 1. The number of hydrogen-bond acceptors (Lipinski definition) is 4. The van der Waals surface area contributed by atoms with Crippen LogP contribution in [0.3, 0.4) is 0 Å². The highest BCUT2D eigenvalue weighted by molar-refractivity contribution is 7.98. The average Bonchev–Trinajstić information content (AvgIpc) is 2.89. The zero-order valence-electron chi connectivity index (χ0n) is 11.1. The van der Waals surface area contributed by atoms with E-state index in [1.54, 1.807) is 11.8 Å². The van der Waals surface area contributed by atoms with Gasteiger partial charge in [-0.3, -0.25) is 14.5 Å². The van der Waals surface area contributed by atoms with Crippen molar-refractivity contribution in [3.8, 4) is 0 Å². The molecule has 1 N–H and O–H groups in total. The van der Waals surface area contributed by atoms with Crippen LogP contribution in [0.4, 0.5) is 0 Å². The molecule has 0 aromatic carbocycles. The van der Waals surface area contributed by atoms with Crippen LogP contribution in [0, 0.1) is 0 Å². The molecule has 2 fully saturated rings. The molecule has 102 valence electrons. The fourth-order valence-corrected chi connectivity index (χ4v) is 3.57. The monoisotopic (exact) mass is 270 g/mol. The number of amides is 2. The van der Waals surface area contributed by atoms with Gasteiger partial charge in [0, 0.05) is 17.8 Å². The lowest BCUT2D eigenvalue weighted by molar-refractivity contribution is -0.141. The lowest BCUT2D eigenvalue weighted by Gasteiger charge is -2.23. The van der Waals surface area contributed by atoms with Crippen molar-refractivity contribution >= 4 is 23.6 Å². The first-order valence-electron chi connectivity index (χ1n) is 6.74. The molecule has 0 aromatic rings. The number of imide groups is 1. The van der Waals surface area contributed by atoms with Gasteiger partial charge in [-0.1, -0.05) is 12.8 Å². The van der Waals surface area contributed by atoms with E-state index in [-0.39, 0.29) is 29.9 Å². The second-order valence-corrected chi connectivity index (χ2v) is 6.23. The molecule has 0 bridgehead atoms. The minimum absolute atomic E-state index is 0.000136. The standard InChI is InChI=1S/C13H22N2O2S/c1-9(8-18-2)14-11-7-12(16)15(13(11)17)10-5-3-4-6-10/h9-11,14H,3-8H2,1-2H3. The van der Waals surface area contributed by atoms with Gasteiger partial charge < -0.3 is 5.32 Å². The average molecular weight is 270 g/mol.